The van der Waals surface area contributed by atoms with E-state index in [2.05, 4.69) is 26.7 Å². The van der Waals surface area contributed by atoms with E-state index in [4.69, 9.17) is 0 Å². The van der Waals surface area contributed by atoms with Crippen LogP contribution in [0.3, 0.4) is 0 Å². The second kappa shape index (κ2) is 8.83. The van der Waals surface area contributed by atoms with E-state index in [1.807, 2.05) is 0 Å². The molecule has 1 aliphatic heterocycles. The third kappa shape index (κ3) is 4.31. The first-order valence-corrected chi connectivity index (χ1v) is 10.4. The summed E-state index contributed by atoms with van der Waals surface area (Å²) in [6.45, 7) is 6.78. The van der Waals surface area contributed by atoms with Crippen LogP contribution in [0.4, 0.5) is 20.2 Å². The molecule has 1 saturated heterocycles. The van der Waals surface area contributed by atoms with Crippen molar-refractivity contribution < 1.29 is 13.9 Å². The highest BCUT2D eigenvalue weighted by molar-refractivity contribution is 6.02. The van der Waals surface area contributed by atoms with Gasteiger partial charge in [-0.15, -0.1) is 0 Å². The molecule has 0 saturated carbocycles. The van der Waals surface area contributed by atoms with Gasteiger partial charge in [-0.3, -0.25) is 9.89 Å². The largest absolute Gasteiger partial charge is 0.494 e. The molecule has 0 bridgehead atoms. The number of nitrogens with zero attached hydrogens (tertiary/aromatic N) is 3. The highest BCUT2D eigenvalue weighted by atomic mass is 19.1. The van der Waals surface area contributed by atoms with Crippen LogP contribution in [-0.2, 0) is 0 Å². The summed E-state index contributed by atoms with van der Waals surface area (Å²) in [5.74, 6) is -0.820. The van der Waals surface area contributed by atoms with E-state index in [-0.39, 0.29) is 11.7 Å². The Morgan fingerprint density at radius 3 is 2.63 bits per heavy atom. The number of aromatic hydroxyl groups is 1. The fourth-order valence-corrected chi connectivity index (χ4v) is 3.87. The number of nitrogens with one attached hydrogen (secondary N) is 1. The lowest BCUT2D eigenvalue weighted by molar-refractivity contribution is 0.253. The number of hydrogen-bond acceptors (Lipinski definition) is 4. The van der Waals surface area contributed by atoms with Gasteiger partial charge >= 0.3 is 0 Å². The van der Waals surface area contributed by atoms with Crippen molar-refractivity contribution in [3.05, 3.63) is 53.6 Å². The van der Waals surface area contributed by atoms with Gasteiger partial charge in [0.2, 0.25) is 0 Å². The van der Waals surface area contributed by atoms with Gasteiger partial charge in [0.1, 0.15) is 11.6 Å². The number of benzene rings is 2. The molecule has 4 rings (SSSR count). The maximum Gasteiger partial charge on any atom is 0.198 e. The monoisotopic (exact) mass is 412 g/mol. The standard InChI is InChI=1S/C23H26F2N4O/c1-2-3-8-28-9-11-29(12-10-28)22-7-5-17(14-20(22)25)26-15-19-18-13-16(24)4-6-21(18)27-23(19)30/h4-7,13-15,27,30H,2-3,8-12H2,1H3. The number of H-pyrrole nitrogens is 1. The van der Waals surface area contributed by atoms with E-state index in [1.165, 1.54) is 37.3 Å². The van der Waals surface area contributed by atoms with Crippen LogP contribution in [0, 0.1) is 11.6 Å². The predicted molar refractivity (Wildman–Crippen MR) is 117 cm³/mol. The quantitative estimate of drug-likeness (QED) is 0.571. The van der Waals surface area contributed by atoms with Crippen LogP contribution in [0.2, 0.25) is 0 Å². The summed E-state index contributed by atoms with van der Waals surface area (Å²) < 4.78 is 28.3. The molecule has 0 atom stereocenters. The van der Waals surface area contributed by atoms with Crippen molar-refractivity contribution in [2.45, 2.75) is 19.8 Å². The van der Waals surface area contributed by atoms with Crippen molar-refractivity contribution >= 4 is 28.5 Å². The van der Waals surface area contributed by atoms with Gasteiger partial charge in [-0.2, -0.15) is 0 Å². The fraction of sp³-hybridized carbons (Fsp3) is 0.348. The van der Waals surface area contributed by atoms with Crippen molar-refractivity contribution in [3.8, 4) is 5.88 Å². The van der Waals surface area contributed by atoms with Crippen LogP contribution in [0.15, 0.2) is 41.4 Å². The third-order valence-corrected chi connectivity index (χ3v) is 5.59. The summed E-state index contributed by atoms with van der Waals surface area (Å²) in [5.41, 5.74) is 2.00. The highest BCUT2D eigenvalue weighted by Crippen LogP contribution is 2.29. The minimum absolute atomic E-state index is 0.0996. The van der Waals surface area contributed by atoms with E-state index >= 15 is 0 Å². The maximum absolute atomic E-state index is 14.8. The number of unbranched alkanes of at least 4 members (excludes halogenated alkanes) is 1. The SMILES string of the molecule is CCCCN1CCN(c2ccc(N=Cc3c(O)[nH]c4ccc(F)cc34)cc2F)CC1. The molecule has 1 fully saturated rings. The van der Waals surface area contributed by atoms with Gasteiger partial charge in [0, 0.05) is 49.4 Å². The Bertz CT molecular complexity index is 1050. The zero-order chi connectivity index (χ0) is 21.1. The van der Waals surface area contributed by atoms with Crippen molar-refractivity contribution in [3.63, 3.8) is 0 Å². The molecule has 2 aromatic carbocycles. The lowest BCUT2D eigenvalue weighted by atomic mass is 10.2. The Kier molecular flexibility index (Phi) is 5.99. The first kappa shape index (κ1) is 20.3. The average molecular weight is 412 g/mol. The summed E-state index contributed by atoms with van der Waals surface area (Å²) in [5, 5.41) is 10.6. The summed E-state index contributed by atoms with van der Waals surface area (Å²) in [7, 11) is 0. The zero-order valence-corrected chi connectivity index (χ0v) is 17.0. The molecule has 0 spiro atoms. The lowest BCUT2D eigenvalue weighted by Crippen LogP contribution is -2.46. The van der Waals surface area contributed by atoms with Gasteiger partial charge in [-0.25, -0.2) is 8.78 Å². The molecular weight excluding hydrogens is 386 g/mol. The molecule has 158 valence electrons. The second-order valence-corrected chi connectivity index (χ2v) is 7.65. The molecule has 5 nitrogen and oxygen atoms in total. The molecule has 0 aliphatic carbocycles. The van der Waals surface area contributed by atoms with Crippen LogP contribution in [0.25, 0.3) is 10.9 Å². The highest BCUT2D eigenvalue weighted by Gasteiger charge is 2.19. The van der Waals surface area contributed by atoms with Crippen molar-refractivity contribution in [2.75, 3.05) is 37.6 Å². The zero-order valence-electron chi connectivity index (χ0n) is 17.0. The number of aliphatic imine (C=N–C) groups is 1. The number of anilines is 1. The molecular formula is C23H26F2N4O. The Morgan fingerprint density at radius 1 is 1.10 bits per heavy atom. The van der Waals surface area contributed by atoms with E-state index in [1.54, 1.807) is 18.2 Å². The van der Waals surface area contributed by atoms with Crippen molar-refractivity contribution in [2.24, 2.45) is 4.99 Å². The minimum atomic E-state index is -0.402. The van der Waals surface area contributed by atoms with Gasteiger partial charge < -0.3 is 15.0 Å². The molecule has 3 aromatic rings. The second-order valence-electron chi connectivity index (χ2n) is 7.65. The first-order chi connectivity index (χ1) is 14.5. The van der Waals surface area contributed by atoms with Crippen LogP contribution in [-0.4, -0.2) is 53.9 Å². The molecule has 2 heterocycles. The minimum Gasteiger partial charge on any atom is -0.494 e. The molecule has 2 N–H and O–H groups in total. The maximum atomic E-state index is 14.8. The Balaban J connectivity index is 1.48. The fourth-order valence-electron chi connectivity index (χ4n) is 3.87. The van der Waals surface area contributed by atoms with Crippen LogP contribution < -0.4 is 4.90 Å². The molecule has 0 unspecified atom stereocenters. The first-order valence-electron chi connectivity index (χ1n) is 10.4. The lowest BCUT2D eigenvalue weighted by Gasteiger charge is -2.36. The van der Waals surface area contributed by atoms with Gasteiger partial charge in [0.05, 0.1) is 16.9 Å². The van der Waals surface area contributed by atoms with Crippen molar-refractivity contribution in [1.29, 1.82) is 0 Å². The molecule has 7 heteroatoms. The van der Waals surface area contributed by atoms with Crippen molar-refractivity contribution in [1.82, 2.24) is 9.88 Å². The number of piperazine rings is 1. The molecule has 0 radical (unpaired) electrons. The summed E-state index contributed by atoms with van der Waals surface area (Å²) >= 11 is 0. The number of hydrogen-bond donors (Lipinski definition) is 2. The van der Waals surface area contributed by atoms with Gasteiger partial charge in [-0.05, 0) is 43.3 Å². The third-order valence-electron chi connectivity index (χ3n) is 5.59. The number of aromatic amines is 1. The summed E-state index contributed by atoms with van der Waals surface area (Å²) in [4.78, 5) is 11.6. The average Bonchev–Trinajstić information content (AvgIpc) is 3.05. The van der Waals surface area contributed by atoms with E-state index in [0.29, 0.717) is 27.8 Å². The van der Waals surface area contributed by atoms with E-state index in [9.17, 15) is 13.9 Å². The normalized spacial score (nSPS) is 15.5. The predicted octanol–water partition coefficient (Wildman–Crippen LogP) is 4.82. The Morgan fingerprint density at radius 2 is 1.90 bits per heavy atom. The van der Waals surface area contributed by atoms with Crippen LogP contribution in [0.5, 0.6) is 5.88 Å². The number of fused-ring (bicyclic) bond motifs is 1. The van der Waals surface area contributed by atoms with Gasteiger partial charge in [-0.1, -0.05) is 13.3 Å². The molecule has 1 aliphatic rings. The van der Waals surface area contributed by atoms with Gasteiger partial charge in [0.25, 0.3) is 0 Å². The number of aromatic nitrogens is 1. The Labute approximate surface area is 174 Å². The molecule has 0 amide bonds. The Hall–Kier alpha value is -2.93. The molecule has 1 aromatic heterocycles. The summed E-state index contributed by atoms with van der Waals surface area (Å²) in [6, 6.07) is 9.09. The van der Waals surface area contributed by atoms with Crippen LogP contribution >= 0.6 is 0 Å². The van der Waals surface area contributed by atoms with Gasteiger partial charge in [0.15, 0.2) is 5.88 Å². The summed E-state index contributed by atoms with van der Waals surface area (Å²) in [6.07, 6.45) is 3.80. The smallest absolute Gasteiger partial charge is 0.198 e. The van der Waals surface area contributed by atoms with E-state index in [0.717, 1.165) is 32.7 Å². The number of rotatable bonds is 6. The van der Waals surface area contributed by atoms with Crippen LogP contribution in [0.1, 0.15) is 25.3 Å². The topological polar surface area (TPSA) is 54.9 Å². The number of halogens is 2. The molecule has 30 heavy (non-hydrogen) atoms. The van der Waals surface area contributed by atoms with E-state index < -0.39 is 5.82 Å².